The van der Waals surface area contributed by atoms with E-state index in [1.807, 2.05) is 0 Å². The molecule has 2 heteroatoms. The summed E-state index contributed by atoms with van der Waals surface area (Å²) in [5.41, 5.74) is 2.09. The maximum absolute atomic E-state index is 3.56. The van der Waals surface area contributed by atoms with E-state index in [1.165, 1.54) is 35.8 Å². The number of rotatable bonds is 1. The highest BCUT2D eigenvalue weighted by Crippen LogP contribution is 2.55. The standard InChI is InChI=1S/C12H14BrN/c13-10-4-2-9(3-5-10)11-12(8-14-11)6-1-7-12/h2-5,11,14H,1,6-8H2. The molecule has 1 aliphatic carbocycles. The van der Waals surface area contributed by atoms with Crippen molar-refractivity contribution in [2.24, 2.45) is 5.41 Å². The summed E-state index contributed by atoms with van der Waals surface area (Å²) in [5, 5.41) is 3.56. The Kier molecular flexibility index (Phi) is 1.96. The fourth-order valence-corrected chi connectivity index (χ4v) is 2.98. The normalized spacial score (nSPS) is 28.2. The lowest BCUT2D eigenvalue weighted by Crippen LogP contribution is -2.59. The molecule has 1 N–H and O–H groups in total. The Morgan fingerprint density at radius 3 is 2.36 bits per heavy atom. The van der Waals surface area contributed by atoms with Gasteiger partial charge in [0.2, 0.25) is 0 Å². The van der Waals surface area contributed by atoms with Gasteiger partial charge in [0, 0.05) is 22.5 Å². The summed E-state index contributed by atoms with van der Waals surface area (Å²) >= 11 is 3.47. The molecule has 2 fully saturated rings. The molecule has 0 radical (unpaired) electrons. The van der Waals surface area contributed by atoms with Crippen LogP contribution in [0.15, 0.2) is 28.7 Å². The largest absolute Gasteiger partial charge is 0.309 e. The number of hydrogen-bond acceptors (Lipinski definition) is 1. The molecule has 1 nitrogen and oxygen atoms in total. The third-order valence-corrected chi connectivity index (χ3v) is 4.35. The van der Waals surface area contributed by atoms with E-state index in [2.05, 4.69) is 45.5 Å². The predicted octanol–water partition coefficient (Wildman–Crippen LogP) is 3.26. The van der Waals surface area contributed by atoms with Crippen LogP contribution < -0.4 is 5.32 Å². The van der Waals surface area contributed by atoms with Gasteiger partial charge in [0.1, 0.15) is 0 Å². The Balaban J connectivity index is 1.85. The monoisotopic (exact) mass is 251 g/mol. The quantitative estimate of drug-likeness (QED) is 0.808. The molecule has 1 aromatic rings. The molecule has 3 rings (SSSR count). The van der Waals surface area contributed by atoms with E-state index in [9.17, 15) is 0 Å². The van der Waals surface area contributed by atoms with Crippen LogP contribution in [0.3, 0.4) is 0 Å². The number of hydrogen-bond donors (Lipinski definition) is 1. The molecule has 1 saturated heterocycles. The van der Waals surface area contributed by atoms with Gasteiger partial charge in [0.05, 0.1) is 0 Å². The fourth-order valence-electron chi connectivity index (χ4n) is 2.72. The van der Waals surface area contributed by atoms with Crippen LogP contribution in [-0.2, 0) is 0 Å². The third-order valence-electron chi connectivity index (χ3n) is 3.82. The average Bonchev–Trinajstić information content (AvgIpc) is 2.04. The molecule has 0 aromatic heterocycles. The van der Waals surface area contributed by atoms with E-state index in [1.54, 1.807) is 0 Å². The highest BCUT2D eigenvalue weighted by Gasteiger charge is 2.50. The Hall–Kier alpha value is -0.340. The number of nitrogens with one attached hydrogen (secondary N) is 1. The van der Waals surface area contributed by atoms with E-state index in [-0.39, 0.29) is 0 Å². The molecule has 0 amide bonds. The maximum atomic E-state index is 3.56. The molecule has 74 valence electrons. The Bertz CT molecular complexity index is 334. The smallest absolute Gasteiger partial charge is 0.0389 e. The van der Waals surface area contributed by atoms with E-state index >= 15 is 0 Å². The first-order chi connectivity index (χ1) is 6.80. The first kappa shape index (κ1) is 8.93. The number of benzene rings is 1. The third kappa shape index (κ3) is 1.17. The summed E-state index contributed by atoms with van der Waals surface area (Å²) in [6.45, 7) is 1.23. The Morgan fingerprint density at radius 2 is 1.93 bits per heavy atom. The van der Waals surface area contributed by atoms with Crippen LogP contribution in [0.1, 0.15) is 30.9 Å². The summed E-state index contributed by atoms with van der Waals surface area (Å²) in [6.07, 6.45) is 4.26. The van der Waals surface area contributed by atoms with E-state index < -0.39 is 0 Å². The summed E-state index contributed by atoms with van der Waals surface area (Å²) in [7, 11) is 0. The van der Waals surface area contributed by atoms with Crippen molar-refractivity contribution >= 4 is 15.9 Å². The topological polar surface area (TPSA) is 12.0 Å². The molecule has 14 heavy (non-hydrogen) atoms. The van der Waals surface area contributed by atoms with E-state index in [4.69, 9.17) is 0 Å². The zero-order chi connectivity index (χ0) is 9.60. The molecule has 1 heterocycles. The first-order valence-electron chi connectivity index (χ1n) is 5.29. The van der Waals surface area contributed by atoms with Crippen molar-refractivity contribution in [2.75, 3.05) is 6.54 Å². The summed E-state index contributed by atoms with van der Waals surface area (Å²) < 4.78 is 1.17. The Morgan fingerprint density at radius 1 is 1.21 bits per heavy atom. The molecule has 1 aliphatic heterocycles. The van der Waals surface area contributed by atoms with Crippen LogP contribution in [0, 0.1) is 5.41 Å². The molecule has 0 bridgehead atoms. The van der Waals surface area contributed by atoms with Crippen LogP contribution in [-0.4, -0.2) is 6.54 Å². The van der Waals surface area contributed by atoms with Gasteiger partial charge in [-0.15, -0.1) is 0 Å². The van der Waals surface area contributed by atoms with Crippen molar-refractivity contribution in [3.8, 4) is 0 Å². The SMILES string of the molecule is Brc1ccc(C2NCC23CCC3)cc1. The predicted molar refractivity (Wildman–Crippen MR) is 61.2 cm³/mol. The van der Waals surface area contributed by atoms with Crippen molar-refractivity contribution in [1.82, 2.24) is 5.32 Å². The molecule has 1 unspecified atom stereocenters. The van der Waals surface area contributed by atoms with Gasteiger partial charge in [-0.25, -0.2) is 0 Å². The second-order valence-electron chi connectivity index (χ2n) is 4.58. The molecule has 2 aliphatic rings. The molecule has 1 aromatic carbocycles. The molecule has 1 saturated carbocycles. The van der Waals surface area contributed by atoms with Gasteiger partial charge in [-0.3, -0.25) is 0 Å². The average molecular weight is 252 g/mol. The first-order valence-corrected chi connectivity index (χ1v) is 6.08. The van der Waals surface area contributed by atoms with Crippen molar-refractivity contribution < 1.29 is 0 Å². The zero-order valence-corrected chi connectivity index (χ0v) is 9.68. The van der Waals surface area contributed by atoms with Crippen molar-refractivity contribution in [3.63, 3.8) is 0 Å². The summed E-state index contributed by atoms with van der Waals surface area (Å²) in [5.74, 6) is 0. The summed E-state index contributed by atoms with van der Waals surface area (Å²) in [4.78, 5) is 0. The zero-order valence-electron chi connectivity index (χ0n) is 8.09. The number of halogens is 1. The fraction of sp³-hybridized carbons (Fsp3) is 0.500. The van der Waals surface area contributed by atoms with Crippen molar-refractivity contribution in [3.05, 3.63) is 34.3 Å². The summed E-state index contributed by atoms with van der Waals surface area (Å²) in [6, 6.07) is 9.38. The van der Waals surface area contributed by atoms with Gasteiger partial charge in [-0.2, -0.15) is 0 Å². The molecular formula is C12H14BrN. The highest BCUT2D eigenvalue weighted by atomic mass is 79.9. The maximum Gasteiger partial charge on any atom is 0.0389 e. The minimum atomic E-state index is 0.629. The minimum Gasteiger partial charge on any atom is -0.309 e. The van der Waals surface area contributed by atoms with Gasteiger partial charge in [0.25, 0.3) is 0 Å². The second kappa shape index (κ2) is 3.07. The lowest BCUT2D eigenvalue weighted by Gasteiger charge is -2.57. The lowest BCUT2D eigenvalue weighted by molar-refractivity contribution is -0.00565. The van der Waals surface area contributed by atoms with Gasteiger partial charge in [-0.05, 0) is 30.5 Å². The van der Waals surface area contributed by atoms with Gasteiger partial charge in [-0.1, -0.05) is 34.5 Å². The lowest BCUT2D eigenvalue weighted by atomic mass is 9.58. The highest BCUT2D eigenvalue weighted by molar-refractivity contribution is 9.10. The van der Waals surface area contributed by atoms with Crippen molar-refractivity contribution in [2.45, 2.75) is 25.3 Å². The van der Waals surface area contributed by atoms with Crippen molar-refractivity contribution in [1.29, 1.82) is 0 Å². The Labute approximate surface area is 93.0 Å². The second-order valence-corrected chi connectivity index (χ2v) is 5.50. The molecule has 1 spiro atoms. The van der Waals surface area contributed by atoms with Crippen LogP contribution >= 0.6 is 15.9 Å². The van der Waals surface area contributed by atoms with E-state index in [0.29, 0.717) is 11.5 Å². The van der Waals surface area contributed by atoms with Crippen LogP contribution in [0.2, 0.25) is 0 Å². The van der Waals surface area contributed by atoms with Gasteiger partial charge < -0.3 is 5.32 Å². The molecular weight excluding hydrogens is 238 g/mol. The minimum absolute atomic E-state index is 0.629. The van der Waals surface area contributed by atoms with Crippen LogP contribution in [0.5, 0.6) is 0 Å². The van der Waals surface area contributed by atoms with E-state index in [0.717, 1.165) is 0 Å². The molecule has 1 atom stereocenters. The van der Waals surface area contributed by atoms with Gasteiger partial charge in [0.15, 0.2) is 0 Å². The van der Waals surface area contributed by atoms with Gasteiger partial charge >= 0.3 is 0 Å². The van der Waals surface area contributed by atoms with Crippen LogP contribution in [0.25, 0.3) is 0 Å². The van der Waals surface area contributed by atoms with Crippen LogP contribution in [0.4, 0.5) is 0 Å².